The second-order valence-electron chi connectivity index (χ2n) is 5.86. The van der Waals surface area contributed by atoms with Gasteiger partial charge in [0, 0.05) is 30.9 Å². The van der Waals surface area contributed by atoms with E-state index in [1.165, 1.54) is 26.3 Å². The van der Waals surface area contributed by atoms with Gasteiger partial charge in [-0.15, -0.1) is 0 Å². The number of nitrogens with one attached hydrogen (secondary N) is 2. The van der Waals surface area contributed by atoms with E-state index in [1.54, 1.807) is 0 Å². The Kier molecular flexibility index (Phi) is 5.01. The van der Waals surface area contributed by atoms with Crippen LogP contribution in [0.25, 0.3) is 0 Å². The largest absolute Gasteiger partial charge is 0.382 e. The fraction of sp³-hybridized carbons (Fsp3) is 0.562. The monoisotopic (exact) mass is 275 g/mol. The Morgan fingerprint density at radius 1 is 1.40 bits per heavy atom. The third-order valence-electron chi connectivity index (χ3n) is 3.95. The highest BCUT2D eigenvalue weighted by molar-refractivity contribution is 5.89. The maximum atomic E-state index is 11.1. The molecule has 2 rings (SSSR count). The van der Waals surface area contributed by atoms with Crippen molar-refractivity contribution >= 4 is 17.3 Å². The minimum Gasteiger partial charge on any atom is -0.382 e. The minimum absolute atomic E-state index is 0.0379. The molecule has 0 radical (unpaired) electrons. The second kappa shape index (κ2) is 6.75. The normalized spacial score (nSPS) is 21.2. The summed E-state index contributed by atoms with van der Waals surface area (Å²) in [5.41, 5.74) is 1.91. The van der Waals surface area contributed by atoms with Crippen molar-refractivity contribution in [2.45, 2.75) is 32.7 Å². The molecule has 2 N–H and O–H groups in total. The number of likely N-dealkylation sites (tertiary alicyclic amines) is 1. The van der Waals surface area contributed by atoms with Gasteiger partial charge in [0.05, 0.1) is 0 Å². The maximum Gasteiger partial charge on any atom is 0.221 e. The Labute approximate surface area is 121 Å². The Balaban J connectivity index is 1.96. The van der Waals surface area contributed by atoms with Gasteiger partial charge in [-0.25, -0.2) is 0 Å². The number of hydrogen-bond donors (Lipinski definition) is 2. The standard InChI is InChI=1S/C16H25N3O/c1-12(14-6-5-9-19(3)11-14)17-15-7-4-8-16(10-15)18-13(2)20/h4,7-8,10,12,14,17H,5-6,9,11H2,1-3H3,(H,18,20). The van der Waals surface area contributed by atoms with Crippen LogP contribution in [-0.4, -0.2) is 37.0 Å². The predicted molar refractivity (Wildman–Crippen MR) is 84.1 cm³/mol. The number of anilines is 2. The minimum atomic E-state index is -0.0379. The number of benzene rings is 1. The van der Waals surface area contributed by atoms with Gasteiger partial charge in [-0.1, -0.05) is 6.07 Å². The number of nitrogens with zero attached hydrogens (tertiary/aromatic N) is 1. The molecule has 20 heavy (non-hydrogen) atoms. The molecule has 4 nitrogen and oxygen atoms in total. The molecule has 0 bridgehead atoms. The van der Waals surface area contributed by atoms with Crippen molar-refractivity contribution in [3.63, 3.8) is 0 Å². The van der Waals surface area contributed by atoms with E-state index in [4.69, 9.17) is 0 Å². The number of amides is 1. The first-order valence-corrected chi connectivity index (χ1v) is 7.37. The predicted octanol–water partition coefficient (Wildman–Crippen LogP) is 2.79. The summed E-state index contributed by atoms with van der Waals surface area (Å²) in [6.07, 6.45) is 2.56. The first-order chi connectivity index (χ1) is 9.54. The van der Waals surface area contributed by atoms with Gasteiger partial charge in [0.1, 0.15) is 0 Å². The van der Waals surface area contributed by atoms with E-state index in [9.17, 15) is 4.79 Å². The van der Waals surface area contributed by atoms with Gasteiger partial charge in [-0.3, -0.25) is 4.79 Å². The van der Waals surface area contributed by atoms with E-state index in [0.29, 0.717) is 12.0 Å². The van der Waals surface area contributed by atoms with Crippen molar-refractivity contribution < 1.29 is 4.79 Å². The van der Waals surface area contributed by atoms with E-state index in [1.807, 2.05) is 24.3 Å². The van der Waals surface area contributed by atoms with Gasteiger partial charge < -0.3 is 15.5 Å². The van der Waals surface area contributed by atoms with Crippen molar-refractivity contribution in [1.29, 1.82) is 0 Å². The third-order valence-corrected chi connectivity index (χ3v) is 3.95. The van der Waals surface area contributed by atoms with E-state index < -0.39 is 0 Å². The molecule has 1 aromatic rings. The molecule has 0 spiro atoms. The van der Waals surface area contributed by atoms with Gasteiger partial charge in [0.25, 0.3) is 0 Å². The van der Waals surface area contributed by atoms with Crippen LogP contribution >= 0.6 is 0 Å². The van der Waals surface area contributed by atoms with Crippen LogP contribution in [0.15, 0.2) is 24.3 Å². The van der Waals surface area contributed by atoms with Crippen LogP contribution < -0.4 is 10.6 Å². The Morgan fingerprint density at radius 2 is 2.15 bits per heavy atom. The average molecular weight is 275 g/mol. The topological polar surface area (TPSA) is 44.4 Å². The highest BCUT2D eigenvalue weighted by Crippen LogP contribution is 2.23. The van der Waals surface area contributed by atoms with Crippen LogP contribution in [0.1, 0.15) is 26.7 Å². The summed E-state index contributed by atoms with van der Waals surface area (Å²) in [6.45, 7) is 6.14. The summed E-state index contributed by atoms with van der Waals surface area (Å²) in [4.78, 5) is 13.5. The molecule has 1 aliphatic heterocycles. The molecule has 4 heteroatoms. The lowest BCUT2D eigenvalue weighted by atomic mass is 9.92. The van der Waals surface area contributed by atoms with Crippen LogP contribution in [0, 0.1) is 5.92 Å². The van der Waals surface area contributed by atoms with Crippen molar-refractivity contribution in [2.75, 3.05) is 30.8 Å². The molecule has 1 amide bonds. The summed E-state index contributed by atoms with van der Waals surface area (Å²) >= 11 is 0. The van der Waals surface area contributed by atoms with Gasteiger partial charge in [-0.2, -0.15) is 0 Å². The Hall–Kier alpha value is -1.55. The molecule has 1 saturated heterocycles. The molecule has 0 aliphatic carbocycles. The van der Waals surface area contributed by atoms with Crippen molar-refractivity contribution in [2.24, 2.45) is 5.92 Å². The number of carbonyl (C=O) groups excluding carboxylic acids is 1. The average Bonchev–Trinajstić information content (AvgIpc) is 2.38. The van der Waals surface area contributed by atoms with Crippen LogP contribution in [0.3, 0.4) is 0 Å². The highest BCUT2D eigenvalue weighted by atomic mass is 16.1. The third kappa shape index (κ3) is 4.23. The molecule has 2 unspecified atom stereocenters. The van der Waals surface area contributed by atoms with Gasteiger partial charge in [-0.05, 0) is 57.5 Å². The molecule has 1 aliphatic rings. The van der Waals surface area contributed by atoms with Crippen molar-refractivity contribution in [1.82, 2.24) is 4.90 Å². The fourth-order valence-corrected chi connectivity index (χ4v) is 2.89. The first-order valence-electron chi connectivity index (χ1n) is 7.37. The first kappa shape index (κ1) is 14.9. The molecule has 1 heterocycles. The summed E-state index contributed by atoms with van der Waals surface area (Å²) < 4.78 is 0. The molecule has 0 aromatic heterocycles. The number of hydrogen-bond acceptors (Lipinski definition) is 3. The lowest BCUT2D eigenvalue weighted by molar-refractivity contribution is -0.114. The molecule has 1 fully saturated rings. The van der Waals surface area contributed by atoms with Crippen molar-refractivity contribution in [3.8, 4) is 0 Å². The SMILES string of the molecule is CC(=O)Nc1cccc(NC(C)C2CCCN(C)C2)c1. The van der Waals surface area contributed by atoms with Crippen molar-refractivity contribution in [3.05, 3.63) is 24.3 Å². The summed E-state index contributed by atoms with van der Waals surface area (Å²) in [6, 6.07) is 8.35. The van der Waals surface area contributed by atoms with Gasteiger partial charge in [0.15, 0.2) is 0 Å². The fourth-order valence-electron chi connectivity index (χ4n) is 2.89. The smallest absolute Gasteiger partial charge is 0.221 e. The number of carbonyl (C=O) groups is 1. The molecule has 110 valence electrons. The maximum absolute atomic E-state index is 11.1. The van der Waals surface area contributed by atoms with Crippen LogP contribution in [0.5, 0.6) is 0 Å². The Bertz CT molecular complexity index is 461. The zero-order valence-electron chi connectivity index (χ0n) is 12.6. The van der Waals surface area contributed by atoms with Crippen LogP contribution in [0.4, 0.5) is 11.4 Å². The molecular formula is C16H25N3O. The van der Waals surface area contributed by atoms with Gasteiger partial charge >= 0.3 is 0 Å². The molecule has 1 aromatic carbocycles. The van der Waals surface area contributed by atoms with E-state index in [-0.39, 0.29) is 5.91 Å². The number of piperidine rings is 1. The van der Waals surface area contributed by atoms with Crippen LogP contribution in [0.2, 0.25) is 0 Å². The number of rotatable bonds is 4. The van der Waals surface area contributed by atoms with E-state index >= 15 is 0 Å². The molecule has 0 saturated carbocycles. The lowest BCUT2D eigenvalue weighted by Gasteiger charge is -2.34. The zero-order chi connectivity index (χ0) is 14.5. The quantitative estimate of drug-likeness (QED) is 0.888. The summed E-state index contributed by atoms with van der Waals surface area (Å²) in [5, 5.41) is 6.39. The molecule has 2 atom stereocenters. The lowest BCUT2D eigenvalue weighted by Crippen LogP contribution is -2.39. The summed E-state index contributed by atoms with van der Waals surface area (Å²) in [7, 11) is 2.19. The van der Waals surface area contributed by atoms with E-state index in [0.717, 1.165) is 17.9 Å². The Morgan fingerprint density at radius 3 is 2.85 bits per heavy atom. The summed E-state index contributed by atoms with van der Waals surface area (Å²) in [5.74, 6) is 0.641. The van der Waals surface area contributed by atoms with E-state index in [2.05, 4.69) is 29.5 Å². The van der Waals surface area contributed by atoms with Crippen LogP contribution in [-0.2, 0) is 4.79 Å². The highest BCUT2D eigenvalue weighted by Gasteiger charge is 2.22. The zero-order valence-corrected chi connectivity index (χ0v) is 12.6. The second-order valence-corrected chi connectivity index (χ2v) is 5.86. The molecular weight excluding hydrogens is 250 g/mol. The van der Waals surface area contributed by atoms with Gasteiger partial charge in [0.2, 0.25) is 5.91 Å².